The van der Waals surface area contributed by atoms with E-state index in [9.17, 15) is 9.59 Å². The quantitative estimate of drug-likeness (QED) is 0.385. The molecule has 2 aromatic heterocycles. The monoisotopic (exact) mass is 490 g/mol. The van der Waals surface area contributed by atoms with Gasteiger partial charge in [-0.2, -0.15) is 0 Å². The highest BCUT2D eigenvalue weighted by Gasteiger charge is 2.35. The van der Waals surface area contributed by atoms with Gasteiger partial charge in [-0.15, -0.1) is 0 Å². The number of fused-ring (bicyclic) bond motifs is 1. The Morgan fingerprint density at radius 1 is 1.31 bits per heavy atom. The molecule has 35 heavy (non-hydrogen) atoms. The van der Waals surface area contributed by atoms with Crippen molar-refractivity contribution >= 4 is 40.0 Å². The van der Waals surface area contributed by atoms with Crippen molar-refractivity contribution in [2.24, 2.45) is 5.92 Å². The first-order valence-corrected chi connectivity index (χ1v) is 11.7. The van der Waals surface area contributed by atoms with Gasteiger partial charge < -0.3 is 9.64 Å². The fourth-order valence-electron chi connectivity index (χ4n) is 4.19. The second-order valence-electron chi connectivity index (χ2n) is 8.48. The number of pyridine rings is 2. The van der Waals surface area contributed by atoms with Crippen molar-refractivity contribution in [1.82, 2.24) is 14.9 Å². The van der Waals surface area contributed by atoms with Gasteiger partial charge in [0, 0.05) is 53.8 Å². The molecule has 8 heteroatoms. The lowest BCUT2D eigenvalue weighted by Crippen LogP contribution is -2.30. The number of aromatic nitrogens is 2. The van der Waals surface area contributed by atoms with E-state index in [4.69, 9.17) is 21.3 Å². The second kappa shape index (κ2) is 10.3. The number of hydrogen-bond acceptors (Lipinski definition) is 6. The zero-order valence-electron chi connectivity index (χ0n) is 20.0. The third kappa shape index (κ3) is 4.91. The Hall–Kier alpha value is -3.71. The summed E-state index contributed by atoms with van der Waals surface area (Å²) in [7, 11) is 0. The number of likely N-dealkylation sites (tertiary alicyclic amines) is 1. The van der Waals surface area contributed by atoms with Crippen LogP contribution in [0.2, 0.25) is 5.02 Å². The number of aryl methyl sites for hydroxylation is 1. The minimum absolute atomic E-state index is 0.114. The Morgan fingerprint density at radius 3 is 2.80 bits per heavy atom. The fourth-order valence-corrected chi connectivity index (χ4v) is 4.43. The maximum absolute atomic E-state index is 12.4. The molecule has 0 saturated carbocycles. The van der Waals surface area contributed by atoms with Crippen LogP contribution < -0.4 is 9.64 Å². The molecule has 1 atom stereocenters. The van der Waals surface area contributed by atoms with Crippen LogP contribution in [-0.4, -0.2) is 26.7 Å². The van der Waals surface area contributed by atoms with E-state index >= 15 is 0 Å². The summed E-state index contributed by atoms with van der Waals surface area (Å²) in [5.41, 5.74) is 3.83. The maximum Gasteiger partial charge on any atom is 0.232 e. The molecule has 0 aliphatic carbocycles. The van der Waals surface area contributed by atoms with Crippen molar-refractivity contribution in [3.8, 4) is 5.75 Å². The molecule has 180 valence electrons. The van der Waals surface area contributed by atoms with Crippen molar-refractivity contribution in [2.75, 3.05) is 4.90 Å². The zero-order valence-corrected chi connectivity index (χ0v) is 20.7. The minimum Gasteiger partial charge on any atom is -0.487 e. The van der Waals surface area contributed by atoms with Crippen LogP contribution in [0.4, 0.5) is 5.69 Å². The lowest BCUT2D eigenvalue weighted by atomic mass is 10.1. The van der Waals surface area contributed by atoms with E-state index in [0.717, 1.165) is 16.8 Å². The summed E-state index contributed by atoms with van der Waals surface area (Å²) in [6.07, 6.45) is 8.98. The molecule has 7 nitrogen and oxygen atoms in total. The molecular formula is C27H27ClN4O3. The van der Waals surface area contributed by atoms with Crippen molar-refractivity contribution < 1.29 is 14.3 Å². The molecule has 0 N–H and O–H groups in total. The summed E-state index contributed by atoms with van der Waals surface area (Å²) in [4.78, 5) is 36.8. The van der Waals surface area contributed by atoms with Gasteiger partial charge in [0.1, 0.15) is 17.9 Å². The molecule has 3 heterocycles. The summed E-state index contributed by atoms with van der Waals surface area (Å²) in [6.45, 7) is 9.80. The van der Waals surface area contributed by atoms with Gasteiger partial charge in [0.25, 0.3) is 0 Å². The molecule has 1 saturated heterocycles. The number of imide groups is 1. The molecule has 3 aromatic rings. The van der Waals surface area contributed by atoms with Crippen LogP contribution in [-0.2, 0) is 22.7 Å². The fraction of sp³-hybridized carbons (Fsp3) is 0.259. The zero-order chi connectivity index (χ0) is 25.1. The summed E-state index contributed by atoms with van der Waals surface area (Å²) < 4.78 is 6.22. The highest BCUT2D eigenvalue weighted by atomic mass is 35.5. The molecule has 0 radical (unpaired) electrons. The highest BCUT2D eigenvalue weighted by Crippen LogP contribution is 2.34. The lowest BCUT2D eigenvalue weighted by molar-refractivity contribution is -0.139. The third-order valence-corrected chi connectivity index (χ3v) is 6.28. The van der Waals surface area contributed by atoms with Gasteiger partial charge >= 0.3 is 0 Å². The summed E-state index contributed by atoms with van der Waals surface area (Å²) in [6, 6.07) is 7.75. The molecule has 2 amide bonds. The normalized spacial score (nSPS) is 15.9. The predicted octanol–water partition coefficient (Wildman–Crippen LogP) is 5.55. The first-order valence-electron chi connectivity index (χ1n) is 11.4. The number of hydrogen-bond donors (Lipinski definition) is 0. The number of anilines is 1. The number of halogens is 1. The molecule has 0 spiro atoms. The number of carbonyl (C=O) groups is 2. The van der Waals surface area contributed by atoms with Crippen LogP contribution in [0.3, 0.4) is 0 Å². The van der Waals surface area contributed by atoms with Crippen LogP contribution in [0.15, 0.2) is 61.7 Å². The first kappa shape index (κ1) is 24.4. The Kier molecular flexibility index (Phi) is 7.17. The average molecular weight is 491 g/mol. The Bertz CT molecular complexity index is 1340. The molecule has 1 aliphatic rings. The number of rotatable bonds is 8. The van der Waals surface area contributed by atoms with Crippen LogP contribution >= 0.6 is 11.6 Å². The van der Waals surface area contributed by atoms with Gasteiger partial charge in [0.2, 0.25) is 11.8 Å². The molecule has 1 aromatic carbocycles. The van der Waals surface area contributed by atoms with E-state index in [1.54, 1.807) is 19.3 Å². The number of para-hydroxylation sites is 1. The van der Waals surface area contributed by atoms with Gasteiger partial charge in [-0.3, -0.25) is 19.5 Å². The number of carbonyl (C=O) groups excluding carboxylic acids is 2. The largest absolute Gasteiger partial charge is 0.487 e. The van der Waals surface area contributed by atoms with E-state index in [2.05, 4.69) is 11.6 Å². The van der Waals surface area contributed by atoms with Crippen molar-refractivity contribution in [1.29, 1.82) is 0 Å². The second-order valence-corrected chi connectivity index (χ2v) is 8.89. The average Bonchev–Trinajstić information content (AvgIpc) is 3.07. The Balaban J connectivity index is 1.67. The number of nitrogens with zero attached hydrogens (tertiary/aromatic N) is 4. The van der Waals surface area contributed by atoms with E-state index in [1.165, 1.54) is 11.1 Å². The Labute approximate surface area is 209 Å². The Morgan fingerprint density at radius 2 is 2.11 bits per heavy atom. The molecule has 1 aliphatic heterocycles. The van der Waals surface area contributed by atoms with Crippen molar-refractivity contribution in [3.05, 3.63) is 83.6 Å². The van der Waals surface area contributed by atoms with E-state index in [0.29, 0.717) is 27.4 Å². The standard InChI is InChI=1S/C27H27ClN4O3/c1-5-10-31(6-2)23-12-18(4)30-26-20(23)8-7-9-24(26)35-16-21-19(13-29-14-22(21)28)15-32-25(33)11-17(3)27(32)34/h5-10,12-14,17H,2,11,15-16H2,1,3-4H3/b10-5-/t17-/m1/s1. The molecule has 4 rings (SSSR count). The number of amides is 2. The number of allylic oxidation sites excluding steroid dienone is 1. The van der Waals surface area contributed by atoms with E-state index in [-0.39, 0.29) is 37.3 Å². The molecule has 1 fully saturated rings. The third-order valence-electron chi connectivity index (χ3n) is 5.96. The summed E-state index contributed by atoms with van der Waals surface area (Å²) >= 11 is 6.47. The maximum atomic E-state index is 12.4. The first-order chi connectivity index (χ1) is 16.8. The van der Waals surface area contributed by atoms with Gasteiger partial charge in [0.05, 0.1) is 17.3 Å². The van der Waals surface area contributed by atoms with Crippen LogP contribution in [0, 0.1) is 12.8 Å². The van der Waals surface area contributed by atoms with Gasteiger partial charge in [-0.1, -0.05) is 43.3 Å². The van der Waals surface area contributed by atoms with E-state index < -0.39 is 0 Å². The van der Waals surface area contributed by atoms with E-state index in [1.807, 2.05) is 55.3 Å². The van der Waals surface area contributed by atoms with Crippen LogP contribution in [0.25, 0.3) is 10.9 Å². The summed E-state index contributed by atoms with van der Waals surface area (Å²) in [5, 5.41) is 1.32. The molecule has 0 unspecified atom stereocenters. The number of ether oxygens (including phenoxy) is 1. The SMILES string of the molecule is C=CN(/C=C\C)c1cc(C)nc2c(OCc3c(Cl)cncc3CN3C(=O)C[C@@H](C)C3=O)cccc12. The van der Waals surface area contributed by atoms with Crippen LogP contribution in [0.5, 0.6) is 5.75 Å². The van der Waals surface area contributed by atoms with Crippen molar-refractivity contribution in [2.45, 2.75) is 40.3 Å². The van der Waals surface area contributed by atoms with Gasteiger partial charge in [0.15, 0.2) is 0 Å². The van der Waals surface area contributed by atoms with Gasteiger partial charge in [-0.05, 0) is 31.5 Å². The predicted molar refractivity (Wildman–Crippen MR) is 137 cm³/mol. The smallest absolute Gasteiger partial charge is 0.232 e. The van der Waals surface area contributed by atoms with Crippen LogP contribution in [0.1, 0.15) is 37.1 Å². The topological polar surface area (TPSA) is 75.6 Å². The highest BCUT2D eigenvalue weighted by molar-refractivity contribution is 6.31. The van der Waals surface area contributed by atoms with Crippen molar-refractivity contribution in [3.63, 3.8) is 0 Å². The van der Waals surface area contributed by atoms with Gasteiger partial charge in [-0.25, -0.2) is 4.98 Å². The molecule has 0 bridgehead atoms. The minimum atomic E-state index is -0.314. The number of benzene rings is 1. The summed E-state index contributed by atoms with van der Waals surface area (Å²) in [5.74, 6) is -0.0940. The lowest BCUT2D eigenvalue weighted by Gasteiger charge is -2.20. The molecular weight excluding hydrogens is 464 g/mol.